The van der Waals surface area contributed by atoms with E-state index in [-0.39, 0.29) is 5.46 Å². The Balaban J connectivity index is 1.99. The number of aryl methyl sites for hydroxylation is 1. The van der Waals surface area contributed by atoms with Gasteiger partial charge in [0.15, 0.2) is 0 Å². The van der Waals surface area contributed by atoms with Gasteiger partial charge in [0, 0.05) is 0 Å². The van der Waals surface area contributed by atoms with Crippen LogP contribution in [0.1, 0.15) is 33.3 Å². The van der Waals surface area contributed by atoms with Crippen LogP contribution in [0.5, 0.6) is 0 Å². The van der Waals surface area contributed by atoms with Gasteiger partial charge in [-0.25, -0.2) is 8.78 Å². The average molecular weight is 330 g/mol. The maximum Gasteiger partial charge on any atom is 0.500 e. The molecule has 0 saturated carbocycles. The predicted molar refractivity (Wildman–Crippen MR) is 92.2 cm³/mol. The summed E-state index contributed by atoms with van der Waals surface area (Å²) < 4.78 is 40.8. The van der Waals surface area contributed by atoms with Gasteiger partial charge in [-0.1, -0.05) is 29.8 Å². The Morgan fingerprint density at radius 1 is 0.792 bits per heavy atom. The highest BCUT2D eigenvalue weighted by molar-refractivity contribution is 6.62. The molecule has 0 bridgehead atoms. The minimum Gasteiger partial charge on any atom is -0.399 e. The lowest BCUT2D eigenvalue weighted by atomic mass is 9.77. The van der Waals surface area contributed by atoms with Crippen molar-refractivity contribution >= 4 is 12.6 Å². The molecule has 0 aromatic heterocycles. The lowest BCUT2D eigenvalue weighted by molar-refractivity contribution is 0.00578. The van der Waals surface area contributed by atoms with Crippen molar-refractivity contribution in [1.82, 2.24) is 0 Å². The van der Waals surface area contributed by atoms with Crippen molar-refractivity contribution in [1.29, 1.82) is 0 Å². The van der Waals surface area contributed by atoms with Gasteiger partial charge in [-0.05, 0) is 57.9 Å². The second-order valence-electron chi connectivity index (χ2n) is 7.31. The maximum absolute atomic E-state index is 14.6. The van der Waals surface area contributed by atoms with Crippen molar-refractivity contribution in [2.75, 3.05) is 0 Å². The molecule has 0 spiro atoms. The molecule has 0 atom stereocenters. The molecular weight excluding hydrogens is 309 g/mol. The first-order valence-corrected chi connectivity index (χ1v) is 8.02. The second kappa shape index (κ2) is 5.68. The molecule has 0 unspecified atom stereocenters. The topological polar surface area (TPSA) is 18.5 Å². The van der Waals surface area contributed by atoms with Gasteiger partial charge < -0.3 is 9.31 Å². The van der Waals surface area contributed by atoms with Crippen LogP contribution in [-0.4, -0.2) is 18.3 Å². The molecule has 2 nitrogen and oxygen atoms in total. The number of benzene rings is 2. The van der Waals surface area contributed by atoms with Gasteiger partial charge in [-0.3, -0.25) is 0 Å². The van der Waals surface area contributed by atoms with E-state index in [2.05, 4.69) is 0 Å². The standard InChI is InChI=1S/C19H21BF2O2/c1-12-6-8-13(9-7-12)14-10-15(21)17(16(22)11-14)20-23-18(2,3)19(4,5)24-20/h6-11H,1-5H3. The number of halogens is 2. The van der Waals surface area contributed by atoms with E-state index in [1.54, 1.807) is 0 Å². The molecular formula is C19H21BF2O2. The molecule has 2 aromatic rings. The summed E-state index contributed by atoms with van der Waals surface area (Å²) in [6, 6.07) is 10.2. The minimum atomic E-state index is -1.05. The Morgan fingerprint density at radius 3 is 1.71 bits per heavy atom. The van der Waals surface area contributed by atoms with Crippen LogP contribution in [-0.2, 0) is 9.31 Å². The summed E-state index contributed by atoms with van der Waals surface area (Å²) in [6.45, 7) is 9.37. The zero-order chi connectivity index (χ0) is 17.7. The van der Waals surface area contributed by atoms with Crippen molar-refractivity contribution in [3.05, 3.63) is 53.6 Å². The monoisotopic (exact) mass is 330 g/mol. The molecule has 1 aliphatic rings. The largest absolute Gasteiger partial charge is 0.500 e. The minimum absolute atomic E-state index is 0.176. The maximum atomic E-state index is 14.6. The smallest absolute Gasteiger partial charge is 0.399 e. The molecule has 0 N–H and O–H groups in total. The Labute approximate surface area is 141 Å². The normalized spacial score (nSPS) is 18.9. The van der Waals surface area contributed by atoms with Crippen LogP contribution in [0.25, 0.3) is 11.1 Å². The fourth-order valence-corrected chi connectivity index (χ4v) is 2.68. The van der Waals surface area contributed by atoms with Crippen LogP contribution in [0.4, 0.5) is 8.78 Å². The molecule has 0 radical (unpaired) electrons. The Hall–Kier alpha value is -1.72. The molecule has 1 heterocycles. The summed E-state index contributed by atoms with van der Waals surface area (Å²) in [5.74, 6) is -1.33. The first-order chi connectivity index (χ1) is 11.1. The highest BCUT2D eigenvalue weighted by atomic mass is 19.1. The fourth-order valence-electron chi connectivity index (χ4n) is 2.68. The van der Waals surface area contributed by atoms with E-state index in [0.29, 0.717) is 5.56 Å². The molecule has 2 aromatic carbocycles. The first kappa shape index (κ1) is 17.1. The van der Waals surface area contributed by atoms with Crippen molar-refractivity contribution in [2.45, 2.75) is 45.8 Å². The van der Waals surface area contributed by atoms with Gasteiger partial charge >= 0.3 is 7.12 Å². The Morgan fingerprint density at radius 2 is 1.25 bits per heavy atom. The Bertz CT molecular complexity index is 730. The number of rotatable bonds is 2. The van der Waals surface area contributed by atoms with Crippen molar-refractivity contribution in [2.24, 2.45) is 0 Å². The van der Waals surface area contributed by atoms with Crippen molar-refractivity contribution in [3.8, 4) is 11.1 Å². The summed E-state index contributed by atoms with van der Waals surface area (Å²) >= 11 is 0. The van der Waals surface area contributed by atoms with E-state index < -0.39 is 30.0 Å². The number of hydrogen-bond acceptors (Lipinski definition) is 2. The zero-order valence-corrected chi connectivity index (χ0v) is 14.6. The molecule has 126 valence electrons. The van der Waals surface area contributed by atoms with Crippen LogP contribution < -0.4 is 5.46 Å². The molecule has 1 fully saturated rings. The van der Waals surface area contributed by atoms with Gasteiger partial charge in [0.25, 0.3) is 0 Å². The molecule has 1 saturated heterocycles. The van der Waals surface area contributed by atoms with Crippen LogP contribution >= 0.6 is 0 Å². The molecule has 24 heavy (non-hydrogen) atoms. The average Bonchev–Trinajstić information content (AvgIpc) is 2.66. The van der Waals surface area contributed by atoms with Crippen molar-refractivity contribution < 1.29 is 18.1 Å². The number of hydrogen-bond donors (Lipinski definition) is 0. The van der Waals surface area contributed by atoms with Gasteiger partial charge in [-0.2, -0.15) is 0 Å². The van der Waals surface area contributed by atoms with Crippen LogP contribution in [0.2, 0.25) is 0 Å². The van der Waals surface area contributed by atoms with E-state index in [9.17, 15) is 8.78 Å². The van der Waals surface area contributed by atoms with Gasteiger partial charge in [0.2, 0.25) is 0 Å². The molecule has 0 amide bonds. The van der Waals surface area contributed by atoms with E-state index in [0.717, 1.165) is 11.1 Å². The summed E-state index contributed by atoms with van der Waals surface area (Å²) in [5.41, 5.74) is 0.875. The van der Waals surface area contributed by atoms with Gasteiger partial charge in [0.05, 0.1) is 16.7 Å². The molecule has 3 rings (SSSR count). The fraction of sp³-hybridized carbons (Fsp3) is 0.368. The molecule has 0 aliphatic carbocycles. The van der Waals surface area contributed by atoms with E-state index in [1.807, 2.05) is 58.9 Å². The van der Waals surface area contributed by atoms with Crippen LogP contribution in [0.3, 0.4) is 0 Å². The zero-order valence-electron chi connectivity index (χ0n) is 14.6. The van der Waals surface area contributed by atoms with Crippen LogP contribution in [0, 0.1) is 18.6 Å². The highest BCUT2D eigenvalue weighted by Gasteiger charge is 2.53. The SMILES string of the molecule is Cc1ccc(-c2cc(F)c(B3OC(C)(C)C(C)(C)O3)c(F)c2)cc1. The second-order valence-corrected chi connectivity index (χ2v) is 7.31. The lowest BCUT2D eigenvalue weighted by Gasteiger charge is -2.32. The van der Waals surface area contributed by atoms with E-state index in [4.69, 9.17) is 9.31 Å². The predicted octanol–water partition coefficient (Wildman–Crippen LogP) is 4.24. The third-order valence-corrected chi connectivity index (χ3v) is 4.95. The highest BCUT2D eigenvalue weighted by Crippen LogP contribution is 2.37. The lowest BCUT2D eigenvalue weighted by Crippen LogP contribution is -2.41. The Kier molecular flexibility index (Phi) is 4.05. The summed E-state index contributed by atoms with van der Waals surface area (Å²) in [5, 5.41) is 0. The van der Waals surface area contributed by atoms with E-state index in [1.165, 1.54) is 12.1 Å². The summed E-state index contributed by atoms with van der Waals surface area (Å²) in [4.78, 5) is 0. The van der Waals surface area contributed by atoms with E-state index >= 15 is 0 Å². The summed E-state index contributed by atoms with van der Waals surface area (Å²) in [6.07, 6.45) is 0. The van der Waals surface area contributed by atoms with Crippen molar-refractivity contribution in [3.63, 3.8) is 0 Å². The summed E-state index contributed by atoms with van der Waals surface area (Å²) in [7, 11) is -1.05. The molecule has 1 aliphatic heterocycles. The third-order valence-electron chi connectivity index (χ3n) is 4.95. The first-order valence-electron chi connectivity index (χ1n) is 8.02. The quantitative estimate of drug-likeness (QED) is 0.767. The van der Waals surface area contributed by atoms with Crippen LogP contribution in [0.15, 0.2) is 36.4 Å². The van der Waals surface area contributed by atoms with Gasteiger partial charge in [0.1, 0.15) is 11.6 Å². The molecule has 5 heteroatoms. The van der Waals surface area contributed by atoms with Gasteiger partial charge in [-0.15, -0.1) is 0 Å². The third kappa shape index (κ3) is 2.87.